The number of aromatic nitrogens is 1. The molecule has 0 bridgehead atoms. The van der Waals surface area contributed by atoms with Crippen LogP contribution in [0.1, 0.15) is 35.3 Å². The number of anilines is 1. The van der Waals surface area contributed by atoms with E-state index in [1.165, 1.54) is 24.3 Å². The van der Waals surface area contributed by atoms with Crippen LogP contribution in [-0.2, 0) is 16.4 Å². The van der Waals surface area contributed by atoms with E-state index in [2.05, 4.69) is 4.98 Å². The second kappa shape index (κ2) is 9.00. The number of primary sulfonamides is 1. The van der Waals surface area contributed by atoms with E-state index < -0.39 is 21.9 Å². The summed E-state index contributed by atoms with van der Waals surface area (Å²) < 4.78 is 43.1. The van der Waals surface area contributed by atoms with Crippen LogP contribution in [0.25, 0.3) is 0 Å². The van der Waals surface area contributed by atoms with Gasteiger partial charge in [0.15, 0.2) is 11.6 Å². The Balaban J connectivity index is 1.91. The molecule has 0 radical (unpaired) electrons. The summed E-state index contributed by atoms with van der Waals surface area (Å²) in [7, 11) is -3.82. The first-order valence-electron chi connectivity index (χ1n) is 9.14. The van der Waals surface area contributed by atoms with Crippen molar-refractivity contribution < 1.29 is 17.5 Å². The van der Waals surface area contributed by atoms with Crippen molar-refractivity contribution >= 4 is 39.0 Å². The average molecular weight is 484 g/mol. The first-order valence-corrected chi connectivity index (χ1v) is 11.4. The molecule has 164 valence electrons. The number of ether oxygens (including phenoxy) is 1. The number of nitrogens with zero attached hydrogens (tertiary/aromatic N) is 1. The summed E-state index contributed by atoms with van der Waals surface area (Å²) in [5.74, 6) is -0.211. The molecule has 0 amide bonds. The summed E-state index contributed by atoms with van der Waals surface area (Å²) in [5.41, 5.74) is 8.62. The molecule has 0 spiro atoms. The Morgan fingerprint density at radius 3 is 2.58 bits per heavy atom. The zero-order valence-electron chi connectivity index (χ0n) is 16.7. The number of benzene rings is 2. The van der Waals surface area contributed by atoms with Gasteiger partial charge in [-0.25, -0.2) is 22.9 Å². The van der Waals surface area contributed by atoms with Gasteiger partial charge in [0.25, 0.3) is 0 Å². The number of hydrogen-bond acceptors (Lipinski definition) is 5. The third-order valence-electron chi connectivity index (χ3n) is 4.77. The van der Waals surface area contributed by atoms with E-state index in [0.29, 0.717) is 12.0 Å². The second-order valence-electron chi connectivity index (χ2n) is 7.05. The van der Waals surface area contributed by atoms with Gasteiger partial charge in [-0.15, -0.1) is 0 Å². The monoisotopic (exact) mass is 483 g/mol. The molecular formula is C21H20Cl2FN3O3S. The minimum absolute atomic E-state index is 0.0250. The van der Waals surface area contributed by atoms with E-state index in [0.717, 1.165) is 16.7 Å². The van der Waals surface area contributed by atoms with Gasteiger partial charge in [0.2, 0.25) is 10.0 Å². The first kappa shape index (κ1) is 23.3. The molecule has 1 atom stereocenters. The van der Waals surface area contributed by atoms with Crippen LogP contribution in [0.3, 0.4) is 0 Å². The fraction of sp³-hybridized carbons (Fsp3) is 0.190. The molecule has 0 saturated heterocycles. The quantitative estimate of drug-likeness (QED) is 0.489. The topological polar surface area (TPSA) is 108 Å². The molecule has 4 N–H and O–H groups in total. The summed E-state index contributed by atoms with van der Waals surface area (Å²) in [4.78, 5) is 4.18. The molecule has 3 aromatic rings. The fourth-order valence-corrected chi connectivity index (χ4v) is 4.33. The third kappa shape index (κ3) is 5.27. The Kier molecular flexibility index (Phi) is 6.76. The van der Waals surface area contributed by atoms with E-state index in [4.69, 9.17) is 38.8 Å². The number of halogens is 3. The highest BCUT2D eigenvalue weighted by molar-refractivity contribution is 7.89. The second-order valence-corrected chi connectivity index (χ2v) is 9.40. The van der Waals surface area contributed by atoms with E-state index in [1.54, 1.807) is 25.3 Å². The van der Waals surface area contributed by atoms with Crippen LogP contribution in [0.5, 0.6) is 5.75 Å². The predicted molar refractivity (Wildman–Crippen MR) is 119 cm³/mol. The minimum Gasteiger partial charge on any atom is -0.482 e. The summed E-state index contributed by atoms with van der Waals surface area (Å²) in [6.07, 6.45) is 1.23. The number of hydrogen-bond donors (Lipinski definition) is 2. The first-order chi connectivity index (χ1) is 14.5. The van der Waals surface area contributed by atoms with Crippen molar-refractivity contribution in [1.29, 1.82) is 0 Å². The lowest BCUT2D eigenvalue weighted by atomic mass is 10.0. The number of pyridine rings is 1. The molecule has 0 fully saturated rings. The van der Waals surface area contributed by atoms with Gasteiger partial charge in [-0.3, -0.25) is 0 Å². The number of aryl methyl sites for hydroxylation is 1. The van der Waals surface area contributed by atoms with Crippen LogP contribution >= 0.6 is 23.2 Å². The number of rotatable bonds is 6. The molecule has 1 unspecified atom stereocenters. The van der Waals surface area contributed by atoms with E-state index >= 15 is 0 Å². The lowest BCUT2D eigenvalue weighted by Crippen LogP contribution is -2.12. The number of nitrogens with two attached hydrogens (primary N) is 2. The molecule has 31 heavy (non-hydrogen) atoms. The molecule has 10 heteroatoms. The van der Waals surface area contributed by atoms with Crippen molar-refractivity contribution in [3.8, 4) is 5.75 Å². The van der Waals surface area contributed by atoms with Gasteiger partial charge in [-0.2, -0.15) is 0 Å². The zero-order chi connectivity index (χ0) is 22.9. The van der Waals surface area contributed by atoms with Crippen molar-refractivity contribution in [2.45, 2.75) is 31.3 Å². The molecule has 2 aromatic carbocycles. The fourth-order valence-electron chi connectivity index (χ4n) is 3.09. The summed E-state index contributed by atoms with van der Waals surface area (Å²) in [5, 5.41) is 5.37. The van der Waals surface area contributed by atoms with Gasteiger partial charge in [0.1, 0.15) is 11.9 Å². The summed E-state index contributed by atoms with van der Waals surface area (Å²) >= 11 is 12.2. The molecular weight excluding hydrogens is 464 g/mol. The van der Waals surface area contributed by atoms with Gasteiger partial charge in [-0.1, -0.05) is 29.3 Å². The van der Waals surface area contributed by atoms with E-state index in [1.807, 2.05) is 6.92 Å². The molecule has 0 aliphatic rings. The predicted octanol–water partition coefficient (Wildman–Crippen LogP) is 4.80. The summed E-state index contributed by atoms with van der Waals surface area (Å²) in [6, 6.07) is 8.93. The highest BCUT2D eigenvalue weighted by Gasteiger charge is 2.20. The van der Waals surface area contributed by atoms with Gasteiger partial charge < -0.3 is 10.5 Å². The van der Waals surface area contributed by atoms with Gasteiger partial charge in [-0.05, 0) is 67.3 Å². The summed E-state index contributed by atoms with van der Waals surface area (Å²) in [6.45, 7) is 3.53. The van der Waals surface area contributed by atoms with Crippen LogP contribution in [0.2, 0.25) is 10.0 Å². The van der Waals surface area contributed by atoms with Crippen molar-refractivity contribution in [1.82, 2.24) is 4.98 Å². The van der Waals surface area contributed by atoms with Gasteiger partial charge in [0, 0.05) is 16.8 Å². The molecule has 6 nitrogen and oxygen atoms in total. The lowest BCUT2D eigenvalue weighted by molar-refractivity contribution is 0.227. The Hall–Kier alpha value is -2.39. The Bertz CT molecular complexity index is 1250. The van der Waals surface area contributed by atoms with Crippen LogP contribution in [-0.4, -0.2) is 13.4 Å². The maximum absolute atomic E-state index is 13.9. The molecule has 3 rings (SSSR count). The molecule has 1 heterocycles. The SMILES string of the molecule is Cc1ccc(S(N)(=O)=O)cc1Cc1cnc(N)c(OC(C)c2c(Cl)ccc(F)c2Cl)c1. The smallest absolute Gasteiger partial charge is 0.238 e. The maximum atomic E-state index is 13.9. The molecule has 0 aliphatic heterocycles. The molecule has 0 aliphatic carbocycles. The van der Waals surface area contributed by atoms with E-state index in [-0.39, 0.29) is 26.5 Å². The largest absolute Gasteiger partial charge is 0.482 e. The third-order valence-corrected chi connectivity index (χ3v) is 6.40. The lowest BCUT2D eigenvalue weighted by Gasteiger charge is -2.19. The van der Waals surface area contributed by atoms with Crippen LogP contribution < -0.4 is 15.6 Å². The van der Waals surface area contributed by atoms with Crippen molar-refractivity contribution in [3.05, 3.63) is 80.7 Å². The average Bonchev–Trinajstić information content (AvgIpc) is 2.68. The van der Waals surface area contributed by atoms with E-state index in [9.17, 15) is 12.8 Å². The highest BCUT2D eigenvalue weighted by atomic mass is 35.5. The Morgan fingerprint density at radius 1 is 1.19 bits per heavy atom. The van der Waals surface area contributed by atoms with Crippen LogP contribution in [0.15, 0.2) is 47.5 Å². The number of sulfonamides is 1. The van der Waals surface area contributed by atoms with Crippen LogP contribution in [0, 0.1) is 12.7 Å². The maximum Gasteiger partial charge on any atom is 0.238 e. The van der Waals surface area contributed by atoms with Crippen molar-refractivity contribution in [2.24, 2.45) is 5.14 Å². The number of nitrogen functional groups attached to an aromatic ring is 1. The van der Waals surface area contributed by atoms with Crippen molar-refractivity contribution in [2.75, 3.05) is 5.73 Å². The molecule has 0 saturated carbocycles. The standard InChI is InChI=1S/C21H20Cl2FN3O3S/c1-11-3-4-15(31(26,28)29)9-14(11)7-13-8-18(21(25)27-10-13)30-12(2)19-16(22)5-6-17(24)20(19)23/h3-6,8-10,12H,7H2,1-2H3,(H2,25,27)(H2,26,28,29). The minimum atomic E-state index is -3.82. The van der Waals surface area contributed by atoms with Crippen molar-refractivity contribution in [3.63, 3.8) is 0 Å². The highest BCUT2D eigenvalue weighted by Crippen LogP contribution is 2.36. The molecule has 1 aromatic heterocycles. The Labute approximate surface area is 190 Å². The van der Waals surface area contributed by atoms with Crippen LogP contribution in [0.4, 0.5) is 10.2 Å². The Morgan fingerprint density at radius 2 is 1.90 bits per heavy atom. The zero-order valence-corrected chi connectivity index (χ0v) is 19.0. The van der Waals surface area contributed by atoms with Gasteiger partial charge >= 0.3 is 0 Å². The van der Waals surface area contributed by atoms with Gasteiger partial charge in [0.05, 0.1) is 9.92 Å². The normalized spacial score (nSPS) is 12.6.